The van der Waals surface area contributed by atoms with Gasteiger partial charge < -0.3 is 14.7 Å². The van der Waals surface area contributed by atoms with Gasteiger partial charge in [-0.15, -0.1) is 0 Å². The molecule has 29 heavy (non-hydrogen) atoms. The van der Waals surface area contributed by atoms with Gasteiger partial charge in [-0.2, -0.15) is 0 Å². The molecule has 2 fully saturated rings. The summed E-state index contributed by atoms with van der Waals surface area (Å²) in [7, 11) is 0. The largest absolute Gasteiger partial charge is 0.337 e. The average molecular weight is 440 g/mol. The Morgan fingerprint density at radius 2 is 1.59 bits per heavy atom. The summed E-state index contributed by atoms with van der Waals surface area (Å²) >= 11 is 12.1. The first-order valence-electron chi connectivity index (χ1n) is 9.94. The molecule has 1 unspecified atom stereocenters. The Bertz CT molecular complexity index is 814. The minimum Gasteiger partial charge on any atom is -0.337 e. The number of benzene rings is 1. The molecule has 0 aliphatic carbocycles. The van der Waals surface area contributed by atoms with Crippen LogP contribution in [0.25, 0.3) is 0 Å². The number of nitrogens with zero attached hydrogens (tertiary/aromatic N) is 3. The number of halogens is 2. The third kappa shape index (κ3) is 4.69. The molecule has 158 valence electrons. The lowest BCUT2D eigenvalue weighted by atomic mass is 9.94. The lowest BCUT2D eigenvalue weighted by molar-refractivity contribution is -0.149. The lowest BCUT2D eigenvalue weighted by Gasteiger charge is -2.38. The number of carbonyl (C=O) groups excluding carboxylic acids is 3. The van der Waals surface area contributed by atoms with Crippen LogP contribution in [0.15, 0.2) is 18.2 Å². The number of carbonyl (C=O) groups is 3. The maximum atomic E-state index is 13.1. The summed E-state index contributed by atoms with van der Waals surface area (Å²) in [6, 6.07) is 4.42. The molecule has 0 spiro atoms. The Morgan fingerprint density at radius 3 is 2.17 bits per heavy atom. The van der Waals surface area contributed by atoms with Crippen LogP contribution in [0.2, 0.25) is 10.0 Å². The summed E-state index contributed by atoms with van der Waals surface area (Å²) in [5, 5.41) is 0.802. The monoisotopic (exact) mass is 439 g/mol. The minimum absolute atomic E-state index is 0.0135. The number of hydrogen-bond acceptors (Lipinski definition) is 3. The molecule has 3 rings (SSSR count). The molecule has 2 heterocycles. The van der Waals surface area contributed by atoms with Crippen molar-refractivity contribution >= 4 is 40.9 Å². The summed E-state index contributed by atoms with van der Waals surface area (Å²) in [6.07, 6.45) is 1.53. The topological polar surface area (TPSA) is 60.9 Å². The number of likely N-dealkylation sites (tertiary alicyclic amines) is 1. The van der Waals surface area contributed by atoms with Crippen LogP contribution in [0, 0.1) is 5.41 Å². The zero-order valence-electron chi connectivity index (χ0n) is 17.1. The second kappa shape index (κ2) is 8.52. The van der Waals surface area contributed by atoms with Crippen molar-refractivity contribution in [1.82, 2.24) is 14.7 Å². The van der Waals surface area contributed by atoms with Crippen molar-refractivity contribution in [1.29, 1.82) is 0 Å². The fourth-order valence-corrected chi connectivity index (χ4v) is 4.36. The summed E-state index contributed by atoms with van der Waals surface area (Å²) in [5.74, 6) is -0.166. The standard InChI is InChI=1S/C21H27Cl2N3O3/c1-21(2,3)20(29)26-8-4-5-17(26)19(28)25-11-9-24(10-12-25)18(27)15-7-6-14(22)13-16(15)23/h6-7,13,17H,4-5,8-12H2,1-3H3. The van der Waals surface area contributed by atoms with E-state index in [0.29, 0.717) is 54.8 Å². The van der Waals surface area contributed by atoms with Crippen molar-refractivity contribution in [3.05, 3.63) is 33.8 Å². The smallest absolute Gasteiger partial charge is 0.255 e. The molecule has 1 aromatic rings. The van der Waals surface area contributed by atoms with Crippen molar-refractivity contribution in [2.45, 2.75) is 39.7 Å². The number of piperazine rings is 1. The molecule has 2 aliphatic rings. The van der Waals surface area contributed by atoms with E-state index in [1.807, 2.05) is 20.8 Å². The van der Waals surface area contributed by atoms with Crippen LogP contribution in [-0.2, 0) is 9.59 Å². The van der Waals surface area contributed by atoms with Crippen LogP contribution < -0.4 is 0 Å². The van der Waals surface area contributed by atoms with Crippen LogP contribution in [0.3, 0.4) is 0 Å². The molecule has 0 radical (unpaired) electrons. The summed E-state index contributed by atoms with van der Waals surface area (Å²) in [5.41, 5.74) is -0.0974. The van der Waals surface area contributed by atoms with E-state index in [1.54, 1.807) is 32.9 Å². The van der Waals surface area contributed by atoms with Crippen molar-refractivity contribution < 1.29 is 14.4 Å². The van der Waals surface area contributed by atoms with Gasteiger partial charge in [0.05, 0.1) is 10.6 Å². The van der Waals surface area contributed by atoms with Gasteiger partial charge in [0, 0.05) is 43.2 Å². The van der Waals surface area contributed by atoms with Crippen LogP contribution in [-0.4, -0.2) is 71.2 Å². The SMILES string of the molecule is CC(C)(C)C(=O)N1CCCC1C(=O)N1CCN(C(=O)c2ccc(Cl)cc2Cl)CC1. The Balaban J connectivity index is 1.62. The molecular formula is C21H27Cl2N3O3. The highest BCUT2D eigenvalue weighted by Crippen LogP contribution is 2.27. The maximum Gasteiger partial charge on any atom is 0.255 e. The molecule has 6 nitrogen and oxygen atoms in total. The van der Waals surface area contributed by atoms with Crippen LogP contribution in [0.1, 0.15) is 44.0 Å². The highest BCUT2D eigenvalue weighted by Gasteiger charge is 2.40. The van der Waals surface area contributed by atoms with Gasteiger partial charge in [0.25, 0.3) is 5.91 Å². The van der Waals surface area contributed by atoms with E-state index < -0.39 is 11.5 Å². The van der Waals surface area contributed by atoms with Crippen molar-refractivity contribution in [2.75, 3.05) is 32.7 Å². The second-order valence-corrected chi connectivity index (χ2v) is 9.49. The van der Waals surface area contributed by atoms with E-state index in [1.165, 1.54) is 0 Å². The first-order valence-corrected chi connectivity index (χ1v) is 10.7. The minimum atomic E-state index is -0.508. The highest BCUT2D eigenvalue weighted by atomic mass is 35.5. The van der Waals surface area contributed by atoms with E-state index >= 15 is 0 Å². The fourth-order valence-electron chi connectivity index (χ4n) is 3.87. The molecule has 0 saturated carbocycles. The molecule has 0 bridgehead atoms. The second-order valence-electron chi connectivity index (χ2n) is 8.65. The van der Waals surface area contributed by atoms with Crippen LogP contribution >= 0.6 is 23.2 Å². The number of rotatable bonds is 2. The predicted molar refractivity (Wildman–Crippen MR) is 113 cm³/mol. The average Bonchev–Trinajstić information content (AvgIpc) is 3.15. The number of hydrogen-bond donors (Lipinski definition) is 0. The van der Waals surface area contributed by atoms with Gasteiger partial charge in [0.15, 0.2) is 0 Å². The molecule has 1 aromatic carbocycles. The summed E-state index contributed by atoms with van der Waals surface area (Å²) < 4.78 is 0. The van der Waals surface area contributed by atoms with Gasteiger partial charge in [-0.1, -0.05) is 44.0 Å². The van der Waals surface area contributed by atoms with Crippen LogP contribution in [0.4, 0.5) is 0 Å². The summed E-state index contributed by atoms with van der Waals surface area (Å²) in [6.45, 7) is 8.02. The molecule has 8 heteroatoms. The maximum absolute atomic E-state index is 13.1. The van der Waals surface area contributed by atoms with E-state index in [0.717, 1.165) is 6.42 Å². The van der Waals surface area contributed by atoms with Crippen LogP contribution in [0.5, 0.6) is 0 Å². The third-order valence-corrected chi connectivity index (χ3v) is 6.03. The van der Waals surface area contributed by atoms with E-state index in [4.69, 9.17) is 23.2 Å². The highest BCUT2D eigenvalue weighted by molar-refractivity contribution is 6.36. The third-order valence-electron chi connectivity index (χ3n) is 5.48. The normalized spacial score (nSPS) is 20.2. The van der Waals surface area contributed by atoms with Gasteiger partial charge in [0.1, 0.15) is 6.04 Å². The van der Waals surface area contributed by atoms with Crippen molar-refractivity contribution in [3.8, 4) is 0 Å². The van der Waals surface area contributed by atoms with Gasteiger partial charge in [0.2, 0.25) is 11.8 Å². The predicted octanol–water partition coefficient (Wildman–Crippen LogP) is 3.31. The Kier molecular flexibility index (Phi) is 6.44. The van der Waals surface area contributed by atoms with Gasteiger partial charge in [-0.05, 0) is 31.0 Å². The van der Waals surface area contributed by atoms with E-state index in [9.17, 15) is 14.4 Å². The first-order chi connectivity index (χ1) is 13.6. The Hall–Kier alpha value is -1.79. The molecular weight excluding hydrogens is 413 g/mol. The zero-order chi connectivity index (χ0) is 21.3. The Labute approximate surface area is 181 Å². The molecule has 2 saturated heterocycles. The first kappa shape index (κ1) is 21.9. The molecule has 0 aromatic heterocycles. The molecule has 1 atom stereocenters. The van der Waals surface area contributed by atoms with E-state index in [2.05, 4.69) is 0 Å². The number of amides is 3. The zero-order valence-corrected chi connectivity index (χ0v) is 18.6. The fraction of sp³-hybridized carbons (Fsp3) is 0.571. The molecule has 3 amide bonds. The van der Waals surface area contributed by atoms with Crippen molar-refractivity contribution in [2.24, 2.45) is 5.41 Å². The summed E-state index contributed by atoms with van der Waals surface area (Å²) in [4.78, 5) is 43.7. The lowest BCUT2D eigenvalue weighted by Crippen LogP contribution is -2.56. The van der Waals surface area contributed by atoms with E-state index in [-0.39, 0.29) is 17.7 Å². The van der Waals surface area contributed by atoms with Gasteiger partial charge in [-0.25, -0.2) is 0 Å². The van der Waals surface area contributed by atoms with Gasteiger partial charge in [-0.3, -0.25) is 14.4 Å². The van der Waals surface area contributed by atoms with Gasteiger partial charge >= 0.3 is 0 Å². The Morgan fingerprint density at radius 1 is 0.966 bits per heavy atom. The molecule has 2 aliphatic heterocycles. The quantitative estimate of drug-likeness (QED) is 0.709. The molecule has 0 N–H and O–H groups in total. The van der Waals surface area contributed by atoms with Crippen molar-refractivity contribution in [3.63, 3.8) is 0 Å².